The van der Waals surface area contributed by atoms with Gasteiger partial charge in [0.1, 0.15) is 0 Å². The van der Waals surface area contributed by atoms with Crippen LogP contribution in [0, 0.1) is 11.8 Å². The Morgan fingerprint density at radius 2 is 2.05 bits per heavy atom. The summed E-state index contributed by atoms with van der Waals surface area (Å²) in [5, 5.41) is 8.77. The van der Waals surface area contributed by atoms with Gasteiger partial charge in [0.05, 0.1) is 12.3 Å². The Kier molecular flexibility index (Phi) is 5.00. The number of aliphatic hydroxyl groups excluding tert-OH is 1. The average Bonchev–Trinajstić information content (AvgIpc) is 2.64. The number of amides is 1. The van der Waals surface area contributed by atoms with E-state index in [0.717, 1.165) is 37.1 Å². The third kappa shape index (κ3) is 3.59. The molecule has 1 heterocycles. The van der Waals surface area contributed by atoms with Crippen molar-refractivity contribution in [1.29, 1.82) is 0 Å². The maximum Gasteiger partial charge on any atom is 0.227 e. The second-order valence-corrected chi connectivity index (χ2v) is 4.65. The number of hydrogen-bond donors (Lipinski definition) is 1. The summed E-state index contributed by atoms with van der Waals surface area (Å²) in [5.74, 6) is 6.16. The van der Waals surface area contributed by atoms with Crippen molar-refractivity contribution in [2.24, 2.45) is 0 Å². The van der Waals surface area contributed by atoms with E-state index in [0.29, 0.717) is 12.8 Å². The van der Waals surface area contributed by atoms with E-state index in [1.54, 1.807) is 0 Å². The molecule has 0 aromatic heterocycles. The van der Waals surface area contributed by atoms with E-state index in [1.807, 2.05) is 29.2 Å². The van der Waals surface area contributed by atoms with Crippen LogP contribution in [0.15, 0.2) is 24.3 Å². The number of rotatable bonds is 2. The minimum Gasteiger partial charge on any atom is -0.395 e. The van der Waals surface area contributed by atoms with Crippen LogP contribution in [0.5, 0.6) is 0 Å². The molecule has 1 aliphatic rings. The molecule has 1 amide bonds. The average molecular weight is 257 g/mol. The third-order valence-electron chi connectivity index (χ3n) is 3.23. The maximum atomic E-state index is 12.1. The van der Waals surface area contributed by atoms with Crippen LogP contribution < -0.4 is 4.90 Å². The normalized spacial score (nSPS) is 15.6. The Morgan fingerprint density at radius 3 is 2.89 bits per heavy atom. The highest BCUT2D eigenvalue weighted by molar-refractivity contribution is 5.94. The first-order valence-corrected chi connectivity index (χ1v) is 6.82. The van der Waals surface area contributed by atoms with Crippen molar-refractivity contribution in [3.05, 3.63) is 29.8 Å². The molecule has 3 heteroatoms. The van der Waals surface area contributed by atoms with E-state index in [9.17, 15) is 4.79 Å². The van der Waals surface area contributed by atoms with Crippen molar-refractivity contribution >= 4 is 11.6 Å². The lowest BCUT2D eigenvalue weighted by atomic mass is 10.1. The molecule has 19 heavy (non-hydrogen) atoms. The number of hydrogen-bond acceptors (Lipinski definition) is 2. The molecule has 2 rings (SSSR count). The zero-order valence-electron chi connectivity index (χ0n) is 11.1. The van der Waals surface area contributed by atoms with Gasteiger partial charge >= 0.3 is 0 Å². The standard InChI is InChI=1S/C16H19NO2/c18-13-7-5-9-14-8-3-4-10-15(14)17-12-6-1-2-11-16(17)19/h3-4,8,10,18H,1-2,6-7,11-13H2. The lowest BCUT2D eigenvalue weighted by Crippen LogP contribution is -2.30. The van der Waals surface area contributed by atoms with E-state index >= 15 is 0 Å². The summed E-state index contributed by atoms with van der Waals surface area (Å²) in [7, 11) is 0. The van der Waals surface area contributed by atoms with Gasteiger partial charge in [-0.15, -0.1) is 0 Å². The predicted octanol–water partition coefficient (Wildman–Crippen LogP) is 2.33. The first-order valence-electron chi connectivity index (χ1n) is 6.82. The number of benzene rings is 1. The van der Waals surface area contributed by atoms with Crippen LogP contribution in [-0.4, -0.2) is 24.2 Å². The summed E-state index contributed by atoms with van der Waals surface area (Å²) < 4.78 is 0. The number of carbonyl (C=O) groups is 1. The molecule has 1 aliphatic heterocycles. The zero-order valence-corrected chi connectivity index (χ0v) is 11.1. The van der Waals surface area contributed by atoms with Gasteiger partial charge in [-0.3, -0.25) is 4.79 Å². The second-order valence-electron chi connectivity index (χ2n) is 4.65. The van der Waals surface area contributed by atoms with Gasteiger partial charge in [-0.25, -0.2) is 0 Å². The Morgan fingerprint density at radius 1 is 1.21 bits per heavy atom. The minimum absolute atomic E-state index is 0.0673. The minimum atomic E-state index is 0.0673. The highest BCUT2D eigenvalue weighted by Gasteiger charge is 2.19. The summed E-state index contributed by atoms with van der Waals surface area (Å²) in [5.41, 5.74) is 1.77. The summed E-state index contributed by atoms with van der Waals surface area (Å²) in [6.07, 6.45) is 4.22. The number of aliphatic hydroxyl groups is 1. The molecular formula is C16H19NO2. The van der Waals surface area contributed by atoms with Crippen LogP contribution in [0.3, 0.4) is 0 Å². The predicted molar refractivity (Wildman–Crippen MR) is 75.8 cm³/mol. The van der Waals surface area contributed by atoms with Crippen molar-refractivity contribution in [2.45, 2.75) is 32.1 Å². The van der Waals surface area contributed by atoms with Gasteiger partial charge in [-0.1, -0.05) is 30.4 Å². The molecule has 100 valence electrons. The van der Waals surface area contributed by atoms with Gasteiger partial charge in [0, 0.05) is 24.9 Å². The Labute approximate surface area is 114 Å². The van der Waals surface area contributed by atoms with E-state index in [4.69, 9.17) is 5.11 Å². The topological polar surface area (TPSA) is 40.5 Å². The number of para-hydroxylation sites is 1. The van der Waals surface area contributed by atoms with Crippen LogP contribution in [0.4, 0.5) is 5.69 Å². The Bertz CT molecular complexity index is 499. The van der Waals surface area contributed by atoms with Gasteiger partial charge in [-0.05, 0) is 25.0 Å². The van der Waals surface area contributed by atoms with Crippen LogP contribution >= 0.6 is 0 Å². The first kappa shape index (κ1) is 13.6. The molecule has 0 atom stereocenters. The molecule has 1 aromatic rings. The first-order chi connectivity index (χ1) is 9.33. The van der Waals surface area contributed by atoms with Crippen LogP contribution in [-0.2, 0) is 4.79 Å². The van der Waals surface area contributed by atoms with Crippen molar-refractivity contribution in [1.82, 2.24) is 0 Å². The third-order valence-corrected chi connectivity index (χ3v) is 3.23. The smallest absolute Gasteiger partial charge is 0.227 e. The highest BCUT2D eigenvalue weighted by Crippen LogP contribution is 2.23. The van der Waals surface area contributed by atoms with Crippen molar-refractivity contribution < 1.29 is 9.90 Å². The van der Waals surface area contributed by atoms with Gasteiger partial charge in [0.15, 0.2) is 0 Å². The van der Waals surface area contributed by atoms with Crippen molar-refractivity contribution in [3.8, 4) is 11.8 Å². The van der Waals surface area contributed by atoms with Crippen LogP contribution in [0.2, 0.25) is 0 Å². The van der Waals surface area contributed by atoms with Gasteiger partial charge in [0.25, 0.3) is 0 Å². The molecule has 0 saturated carbocycles. The zero-order chi connectivity index (χ0) is 13.5. The quantitative estimate of drug-likeness (QED) is 0.826. The number of nitrogens with zero attached hydrogens (tertiary/aromatic N) is 1. The summed E-state index contributed by atoms with van der Waals surface area (Å²) in [4.78, 5) is 14.0. The monoisotopic (exact) mass is 257 g/mol. The van der Waals surface area contributed by atoms with E-state index in [1.165, 1.54) is 0 Å². The second kappa shape index (κ2) is 6.96. The van der Waals surface area contributed by atoms with Gasteiger partial charge in [0.2, 0.25) is 5.91 Å². The van der Waals surface area contributed by atoms with Crippen LogP contribution in [0.25, 0.3) is 0 Å². The van der Waals surface area contributed by atoms with Gasteiger partial charge < -0.3 is 10.0 Å². The summed E-state index contributed by atoms with van der Waals surface area (Å²) in [6.45, 7) is 0.843. The van der Waals surface area contributed by atoms with E-state index < -0.39 is 0 Å². The van der Waals surface area contributed by atoms with Crippen LogP contribution in [0.1, 0.15) is 37.7 Å². The van der Waals surface area contributed by atoms with Gasteiger partial charge in [-0.2, -0.15) is 0 Å². The fourth-order valence-corrected chi connectivity index (χ4v) is 2.27. The molecule has 0 radical (unpaired) electrons. The molecule has 1 fully saturated rings. The Hall–Kier alpha value is -1.79. The molecular weight excluding hydrogens is 238 g/mol. The Balaban J connectivity index is 2.28. The van der Waals surface area contributed by atoms with Crippen molar-refractivity contribution in [2.75, 3.05) is 18.1 Å². The highest BCUT2D eigenvalue weighted by atomic mass is 16.2. The number of carbonyl (C=O) groups excluding carboxylic acids is 1. The molecule has 0 unspecified atom stereocenters. The lowest BCUT2D eigenvalue weighted by Gasteiger charge is -2.22. The molecule has 0 bridgehead atoms. The fourth-order valence-electron chi connectivity index (χ4n) is 2.27. The molecule has 1 aromatic carbocycles. The molecule has 0 aliphatic carbocycles. The summed E-state index contributed by atoms with van der Waals surface area (Å²) >= 11 is 0. The molecule has 1 saturated heterocycles. The van der Waals surface area contributed by atoms with Crippen molar-refractivity contribution in [3.63, 3.8) is 0 Å². The maximum absolute atomic E-state index is 12.1. The summed E-state index contributed by atoms with van der Waals surface area (Å²) in [6, 6.07) is 7.74. The van der Waals surface area contributed by atoms with E-state index in [2.05, 4.69) is 11.8 Å². The number of anilines is 1. The SMILES string of the molecule is O=C1CCCCCN1c1ccccc1C#CCCO. The largest absolute Gasteiger partial charge is 0.395 e. The fraction of sp³-hybridized carbons (Fsp3) is 0.438. The lowest BCUT2D eigenvalue weighted by molar-refractivity contribution is -0.118. The van der Waals surface area contributed by atoms with E-state index in [-0.39, 0.29) is 12.5 Å². The molecule has 0 spiro atoms. The molecule has 1 N–H and O–H groups in total. The molecule has 3 nitrogen and oxygen atoms in total.